The summed E-state index contributed by atoms with van der Waals surface area (Å²) < 4.78 is 23.8. The van der Waals surface area contributed by atoms with E-state index in [0.717, 1.165) is 6.92 Å². The van der Waals surface area contributed by atoms with Crippen LogP contribution in [0.2, 0.25) is 0 Å². The van der Waals surface area contributed by atoms with Gasteiger partial charge in [0, 0.05) is 6.92 Å². The van der Waals surface area contributed by atoms with Gasteiger partial charge in [-0.3, -0.25) is 29.8 Å². The summed E-state index contributed by atoms with van der Waals surface area (Å²) in [4.78, 5) is 53.3. The molecule has 0 aromatic carbocycles. The third kappa shape index (κ3) is 4.59. The van der Waals surface area contributed by atoms with Gasteiger partial charge in [-0.05, 0) is 0 Å². The van der Waals surface area contributed by atoms with Crippen LogP contribution in [0.15, 0.2) is 0 Å². The Hall–Kier alpha value is -2.84. The number of carbonyl (C=O) groups excluding carboxylic acids is 2. The molecule has 140 valence electrons. The Morgan fingerprint density at radius 1 is 1.24 bits per heavy atom. The first-order valence-corrected chi connectivity index (χ1v) is 8.40. The zero-order valence-corrected chi connectivity index (χ0v) is 13.6. The van der Waals surface area contributed by atoms with Gasteiger partial charge in [0.2, 0.25) is 11.8 Å². The Labute approximate surface area is 140 Å². The molecule has 1 aliphatic heterocycles. The minimum absolute atomic E-state index is 0.622. The molecule has 2 amide bonds. The van der Waals surface area contributed by atoms with E-state index in [1.807, 2.05) is 5.32 Å². The van der Waals surface area contributed by atoms with E-state index in [-0.39, 0.29) is 0 Å². The van der Waals surface area contributed by atoms with Gasteiger partial charge in [0.25, 0.3) is 0 Å². The van der Waals surface area contributed by atoms with Crippen molar-refractivity contribution in [1.29, 1.82) is 0 Å². The summed E-state index contributed by atoms with van der Waals surface area (Å²) >= 11 is 0. The number of nitrogens with zero attached hydrogens (tertiary/aromatic N) is 3. The molecule has 0 bridgehead atoms. The number of carbonyl (C=O) groups is 3. The lowest BCUT2D eigenvalue weighted by atomic mass is 10.0. The van der Waals surface area contributed by atoms with Crippen LogP contribution < -0.4 is 5.32 Å². The molecule has 0 aliphatic carbocycles. The highest BCUT2D eigenvalue weighted by Gasteiger charge is 2.67. The first-order valence-electron chi connectivity index (χ1n) is 6.58. The van der Waals surface area contributed by atoms with Gasteiger partial charge in [0.1, 0.15) is 21.6 Å². The van der Waals surface area contributed by atoms with Gasteiger partial charge in [-0.15, -0.1) is 0 Å². The smallest absolute Gasteiger partial charge is 0.480 e. The number of nitro groups is 2. The van der Waals surface area contributed by atoms with Crippen LogP contribution in [0.3, 0.4) is 0 Å². The van der Waals surface area contributed by atoms with Crippen LogP contribution in [0.1, 0.15) is 6.92 Å². The highest BCUT2D eigenvalue weighted by Crippen LogP contribution is 2.25. The van der Waals surface area contributed by atoms with Crippen LogP contribution in [0.4, 0.5) is 0 Å². The second-order valence-electron chi connectivity index (χ2n) is 5.39. The molecule has 0 saturated carbocycles. The molecule has 1 saturated heterocycles. The van der Waals surface area contributed by atoms with Gasteiger partial charge in [-0.2, -0.15) is 0 Å². The number of likely N-dealkylation sites (tertiary alicyclic amines) is 1. The Morgan fingerprint density at radius 2 is 1.72 bits per heavy atom. The SMILES string of the molecule is CC(=O)NC(CS(=O)(=O)CC(=O)N1CC([N+](=O)[O-])([N+](=O)[O-])C1)C(=O)O. The van der Waals surface area contributed by atoms with Crippen LogP contribution in [-0.2, 0) is 24.2 Å². The van der Waals surface area contributed by atoms with E-state index in [2.05, 4.69) is 0 Å². The highest BCUT2D eigenvalue weighted by molar-refractivity contribution is 7.92. The maximum Gasteiger partial charge on any atom is 0.492 e. The van der Waals surface area contributed by atoms with E-state index in [0.29, 0.717) is 4.90 Å². The van der Waals surface area contributed by atoms with E-state index in [1.54, 1.807) is 0 Å². The summed E-state index contributed by atoms with van der Waals surface area (Å²) in [6.07, 6.45) is 0. The average molecular weight is 382 g/mol. The summed E-state index contributed by atoms with van der Waals surface area (Å²) in [6.45, 7) is -0.812. The number of hydrogen-bond donors (Lipinski definition) is 2. The predicted molar refractivity (Wildman–Crippen MR) is 77.2 cm³/mol. The molecule has 25 heavy (non-hydrogen) atoms. The predicted octanol–water partition coefficient (Wildman–Crippen LogP) is -2.92. The fraction of sp³-hybridized carbons (Fsp3) is 0.700. The van der Waals surface area contributed by atoms with Gasteiger partial charge in [-0.25, -0.2) is 13.2 Å². The quantitative estimate of drug-likeness (QED) is 0.248. The number of hydrogen-bond acceptors (Lipinski definition) is 9. The third-order valence-electron chi connectivity index (χ3n) is 3.36. The van der Waals surface area contributed by atoms with Crippen molar-refractivity contribution in [2.24, 2.45) is 0 Å². The summed E-state index contributed by atoms with van der Waals surface area (Å²) in [7, 11) is -4.30. The van der Waals surface area contributed by atoms with Gasteiger partial charge in [0.15, 0.2) is 22.9 Å². The van der Waals surface area contributed by atoms with Crippen molar-refractivity contribution in [3.63, 3.8) is 0 Å². The van der Waals surface area contributed by atoms with Gasteiger partial charge < -0.3 is 15.3 Å². The van der Waals surface area contributed by atoms with Crippen molar-refractivity contribution < 1.29 is 37.8 Å². The number of carboxylic acid groups (broad SMARTS) is 1. The van der Waals surface area contributed by atoms with Crippen LogP contribution >= 0.6 is 0 Å². The molecule has 1 aliphatic rings. The lowest BCUT2D eigenvalue weighted by molar-refractivity contribution is -0.809. The van der Waals surface area contributed by atoms with Crippen molar-refractivity contribution in [2.75, 3.05) is 24.6 Å². The number of aliphatic carboxylic acids is 1. The maximum absolute atomic E-state index is 11.9. The van der Waals surface area contributed by atoms with Crippen molar-refractivity contribution >= 4 is 27.6 Å². The van der Waals surface area contributed by atoms with Crippen molar-refractivity contribution in [3.05, 3.63) is 20.2 Å². The lowest BCUT2D eigenvalue weighted by Gasteiger charge is -2.35. The van der Waals surface area contributed by atoms with E-state index >= 15 is 0 Å². The summed E-state index contributed by atoms with van der Waals surface area (Å²) in [5, 5.41) is 32.2. The number of rotatable bonds is 8. The third-order valence-corrected chi connectivity index (χ3v) is 4.89. The number of nitrogens with one attached hydrogen (secondary N) is 1. The molecule has 0 aromatic heterocycles. The Kier molecular flexibility index (Phi) is 5.62. The van der Waals surface area contributed by atoms with E-state index in [1.165, 1.54) is 0 Å². The minimum atomic E-state index is -4.30. The van der Waals surface area contributed by atoms with Crippen LogP contribution in [0.25, 0.3) is 0 Å². The van der Waals surface area contributed by atoms with Crippen LogP contribution in [0.5, 0.6) is 0 Å². The van der Waals surface area contributed by atoms with Crippen LogP contribution in [0, 0.1) is 20.2 Å². The van der Waals surface area contributed by atoms with Crippen molar-refractivity contribution in [2.45, 2.75) is 18.6 Å². The molecule has 1 unspecified atom stereocenters. The molecule has 0 spiro atoms. The number of sulfone groups is 1. The highest BCUT2D eigenvalue weighted by atomic mass is 32.2. The molecular formula is C10H14N4O10S. The maximum atomic E-state index is 11.9. The molecule has 1 atom stereocenters. The number of amides is 2. The van der Waals surface area contributed by atoms with Crippen molar-refractivity contribution in [1.82, 2.24) is 10.2 Å². The molecule has 15 heteroatoms. The van der Waals surface area contributed by atoms with Crippen molar-refractivity contribution in [3.8, 4) is 0 Å². The molecule has 14 nitrogen and oxygen atoms in total. The zero-order chi connectivity index (χ0) is 19.6. The standard InChI is InChI=1S/C10H14N4O10S/c1-6(15)11-7(9(17)18)2-25(23,24)3-8(16)12-4-10(5-12,13(19)20)14(21)22/h7H,2-5H2,1H3,(H,11,15)(H,17,18). The monoisotopic (exact) mass is 382 g/mol. The van der Waals surface area contributed by atoms with E-state index in [9.17, 15) is 43.0 Å². The second-order valence-corrected chi connectivity index (χ2v) is 7.50. The van der Waals surface area contributed by atoms with Gasteiger partial charge in [0.05, 0.1) is 5.75 Å². The Morgan fingerprint density at radius 3 is 2.08 bits per heavy atom. The topological polar surface area (TPSA) is 207 Å². The fourth-order valence-corrected chi connectivity index (χ4v) is 3.46. The zero-order valence-electron chi connectivity index (χ0n) is 12.8. The molecule has 1 heterocycles. The summed E-state index contributed by atoms with van der Waals surface area (Å²) in [5.74, 6) is -5.82. The Balaban J connectivity index is 2.74. The lowest BCUT2D eigenvalue weighted by Crippen LogP contribution is -2.71. The molecule has 2 N–H and O–H groups in total. The minimum Gasteiger partial charge on any atom is -0.480 e. The van der Waals surface area contributed by atoms with E-state index in [4.69, 9.17) is 5.11 Å². The van der Waals surface area contributed by atoms with Crippen LogP contribution in [-0.4, -0.2) is 82.4 Å². The van der Waals surface area contributed by atoms with Gasteiger partial charge in [-0.1, -0.05) is 0 Å². The average Bonchev–Trinajstić information content (AvgIpc) is 2.33. The fourth-order valence-electron chi connectivity index (χ4n) is 2.05. The normalized spacial score (nSPS) is 17.1. The van der Waals surface area contributed by atoms with Gasteiger partial charge >= 0.3 is 11.6 Å². The second kappa shape index (κ2) is 6.96. The first kappa shape index (κ1) is 20.2. The molecule has 1 rings (SSSR count). The number of carboxylic acids is 1. The largest absolute Gasteiger partial charge is 0.492 e. The molecule has 0 radical (unpaired) electrons. The van der Waals surface area contributed by atoms with E-state index < -0.39 is 73.8 Å². The molecule has 1 fully saturated rings. The summed E-state index contributed by atoms with van der Waals surface area (Å²) in [6, 6.07) is -1.77. The summed E-state index contributed by atoms with van der Waals surface area (Å²) in [5.41, 5.74) is -2.57. The molecule has 0 aromatic rings. The Bertz CT molecular complexity index is 710. The molecular weight excluding hydrogens is 368 g/mol. The first-order chi connectivity index (χ1) is 11.3.